The molecule has 1 spiro atoms. The molecular formula is C32H33N3O4. The summed E-state index contributed by atoms with van der Waals surface area (Å²) in [6.07, 6.45) is 3.68. The molecule has 200 valence electrons. The number of aromatic nitrogens is 2. The molecule has 0 N–H and O–H groups in total. The number of aryl methyl sites for hydroxylation is 1. The highest BCUT2D eigenvalue weighted by atomic mass is 16.7. The van der Waals surface area contributed by atoms with Crippen molar-refractivity contribution in [3.8, 4) is 23.0 Å². The van der Waals surface area contributed by atoms with E-state index in [1.54, 1.807) is 0 Å². The maximum atomic E-state index is 6.24. The van der Waals surface area contributed by atoms with Gasteiger partial charge in [-0.05, 0) is 35.7 Å². The lowest BCUT2D eigenvalue weighted by atomic mass is 10.0. The normalized spacial score (nSPS) is 16.4. The molecule has 2 aromatic carbocycles. The first-order chi connectivity index (χ1) is 19.2. The second-order valence-electron chi connectivity index (χ2n) is 10.0. The lowest BCUT2D eigenvalue weighted by Crippen LogP contribution is -2.45. The van der Waals surface area contributed by atoms with Crippen LogP contribution in [0.2, 0.25) is 0 Å². The van der Waals surface area contributed by atoms with Gasteiger partial charge in [0.15, 0.2) is 5.79 Å². The first-order valence-corrected chi connectivity index (χ1v) is 13.5. The highest BCUT2D eigenvalue weighted by molar-refractivity contribution is 5.69. The second-order valence-corrected chi connectivity index (χ2v) is 10.0. The van der Waals surface area contributed by atoms with Crippen LogP contribution in [0.4, 0.5) is 5.69 Å². The molecule has 2 saturated heterocycles. The number of ether oxygens (including phenoxy) is 4. The van der Waals surface area contributed by atoms with Crippen LogP contribution in [0.5, 0.6) is 11.8 Å². The molecule has 7 nitrogen and oxygen atoms in total. The fraction of sp³-hybridized carbons (Fsp3) is 0.312. The molecule has 4 aromatic rings. The minimum absolute atomic E-state index is 0.390. The number of anilines is 1. The van der Waals surface area contributed by atoms with E-state index in [9.17, 15) is 0 Å². The zero-order valence-corrected chi connectivity index (χ0v) is 22.2. The number of nitrogens with zero attached hydrogens (tertiary/aromatic N) is 3. The molecule has 0 radical (unpaired) electrons. The Bertz CT molecular complexity index is 1380. The van der Waals surface area contributed by atoms with Crippen molar-refractivity contribution in [1.29, 1.82) is 0 Å². The average Bonchev–Trinajstić information content (AvgIpc) is 3.44. The third-order valence-electron chi connectivity index (χ3n) is 7.32. The van der Waals surface area contributed by atoms with E-state index in [0.29, 0.717) is 38.2 Å². The summed E-state index contributed by atoms with van der Waals surface area (Å²) in [6.45, 7) is 6.10. The fourth-order valence-corrected chi connectivity index (χ4v) is 5.17. The van der Waals surface area contributed by atoms with Crippen molar-refractivity contribution in [2.75, 3.05) is 31.2 Å². The van der Waals surface area contributed by atoms with Gasteiger partial charge in [0.1, 0.15) is 13.2 Å². The van der Waals surface area contributed by atoms with Gasteiger partial charge < -0.3 is 23.8 Å². The van der Waals surface area contributed by atoms with E-state index in [1.807, 2.05) is 79.0 Å². The first-order valence-electron chi connectivity index (χ1n) is 13.5. The van der Waals surface area contributed by atoms with Crippen molar-refractivity contribution in [3.05, 3.63) is 102 Å². The van der Waals surface area contributed by atoms with Gasteiger partial charge in [0.25, 0.3) is 0 Å². The van der Waals surface area contributed by atoms with Gasteiger partial charge in [0.05, 0.1) is 36.4 Å². The molecule has 6 rings (SSSR count). The molecule has 2 aromatic heterocycles. The molecule has 2 aliphatic heterocycles. The van der Waals surface area contributed by atoms with Crippen LogP contribution < -0.4 is 14.4 Å². The van der Waals surface area contributed by atoms with Crippen molar-refractivity contribution in [2.45, 2.75) is 38.8 Å². The standard InChI is InChI=1S/C32H33N3O4/c1-24-20-28(33-21-29(24)35-16-14-32(15-17-35)38-18-19-39-32)27-12-13-30(36-22-25-8-4-2-5-9-25)34-31(27)37-23-26-10-6-3-7-11-26/h2-13,20-21H,14-19,22-23H2,1H3. The zero-order valence-electron chi connectivity index (χ0n) is 22.2. The zero-order chi connectivity index (χ0) is 26.5. The van der Waals surface area contributed by atoms with Gasteiger partial charge in [-0.1, -0.05) is 60.7 Å². The van der Waals surface area contributed by atoms with Crippen LogP contribution >= 0.6 is 0 Å². The van der Waals surface area contributed by atoms with Crippen LogP contribution in [0.25, 0.3) is 11.3 Å². The predicted molar refractivity (Wildman–Crippen MR) is 150 cm³/mol. The van der Waals surface area contributed by atoms with Crippen LogP contribution in [-0.2, 0) is 22.7 Å². The minimum atomic E-state index is -0.390. The number of piperidine rings is 1. The third kappa shape index (κ3) is 5.90. The Morgan fingerprint density at radius 3 is 2.10 bits per heavy atom. The van der Waals surface area contributed by atoms with Crippen molar-refractivity contribution in [1.82, 2.24) is 9.97 Å². The van der Waals surface area contributed by atoms with E-state index in [0.717, 1.165) is 59.6 Å². The van der Waals surface area contributed by atoms with Crippen LogP contribution in [0.1, 0.15) is 29.5 Å². The molecule has 0 atom stereocenters. The molecule has 2 aliphatic rings. The Morgan fingerprint density at radius 1 is 0.821 bits per heavy atom. The predicted octanol–water partition coefficient (Wildman–Crippen LogP) is 5.95. The molecule has 0 aliphatic carbocycles. The van der Waals surface area contributed by atoms with Crippen LogP contribution in [0.3, 0.4) is 0 Å². The summed E-state index contributed by atoms with van der Waals surface area (Å²) in [5, 5.41) is 0. The molecule has 39 heavy (non-hydrogen) atoms. The molecular weight excluding hydrogens is 490 g/mol. The molecule has 0 amide bonds. The summed E-state index contributed by atoms with van der Waals surface area (Å²) in [4.78, 5) is 12.0. The summed E-state index contributed by atoms with van der Waals surface area (Å²) < 4.78 is 24.0. The SMILES string of the molecule is Cc1cc(-c2ccc(OCc3ccccc3)nc2OCc2ccccc2)ncc1N1CCC2(CC1)OCCO2. The van der Waals surface area contributed by atoms with Crippen LogP contribution in [0, 0.1) is 6.92 Å². The van der Waals surface area contributed by atoms with Crippen LogP contribution in [0.15, 0.2) is 85.1 Å². The first kappa shape index (κ1) is 25.3. The van der Waals surface area contributed by atoms with Gasteiger partial charge in [-0.15, -0.1) is 0 Å². The van der Waals surface area contributed by atoms with E-state index in [4.69, 9.17) is 28.9 Å². The average molecular weight is 524 g/mol. The summed E-state index contributed by atoms with van der Waals surface area (Å²) in [5.74, 6) is 0.621. The van der Waals surface area contributed by atoms with Gasteiger partial charge in [-0.3, -0.25) is 4.98 Å². The molecule has 0 saturated carbocycles. The van der Waals surface area contributed by atoms with Gasteiger partial charge >= 0.3 is 0 Å². The maximum absolute atomic E-state index is 6.24. The molecule has 4 heterocycles. The Balaban J connectivity index is 1.22. The van der Waals surface area contributed by atoms with E-state index < -0.39 is 5.79 Å². The van der Waals surface area contributed by atoms with Gasteiger partial charge in [-0.2, -0.15) is 4.98 Å². The monoisotopic (exact) mass is 523 g/mol. The van der Waals surface area contributed by atoms with Gasteiger partial charge in [0, 0.05) is 32.0 Å². The summed E-state index contributed by atoms with van der Waals surface area (Å²) in [6, 6.07) is 26.1. The second kappa shape index (κ2) is 11.4. The summed E-state index contributed by atoms with van der Waals surface area (Å²) >= 11 is 0. The minimum Gasteiger partial charge on any atom is -0.473 e. The molecule has 0 unspecified atom stereocenters. The Kier molecular flexibility index (Phi) is 7.43. The van der Waals surface area contributed by atoms with E-state index >= 15 is 0 Å². The third-order valence-corrected chi connectivity index (χ3v) is 7.32. The van der Waals surface area contributed by atoms with Gasteiger partial charge in [0.2, 0.25) is 11.8 Å². The quantitative estimate of drug-likeness (QED) is 0.283. The van der Waals surface area contributed by atoms with Crippen molar-refractivity contribution in [3.63, 3.8) is 0 Å². The molecule has 0 bridgehead atoms. The Hall–Kier alpha value is -3.94. The number of benzene rings is 2. The largest absolute Gasteiger partial charge is 0.473 e. The summed E-state index contributed by atoms with van der Waals surface area (Å²) in [7, 11) is 0. The molecule has 2 fully saturated rings. The molecule has 7 heteroatoms. The summed E-state index contributed by atoms with van der Waals surface area (Å²) in [5.41, 5.74) is 6.09. The Morgan fingerprint density at radius 2 is 1.46 bits per heavy atom. The number of rotatable bonds is 8. The maximum Gasteiger partial charge on any atom is 0.226 e. The van der Waals surface area contributed by atoms with E-state index in [2.05, 4.69) is 17.9 Å². The highest BCUT2D eigenvalue weighted by Gasteiger charge is 2.40. The fourth-order valence-electron chi connectivity index (χ4n) is 5.17. The van der Waals surface area contributed by atoms with Gasteiger partial charge in [-0.25, -0.2) is 0 Å². The highest BCUT2D eigenvalue weighted by Crippen LogP contribution is 2.36. The lowest BCUT2D eigenvalue weighted by Gasteiger charge is -2.39. The number of hydrogen-bond acceptors (Lipinski definition) is 7. The topological polar surface area (TPSA) is 65.9 Å². The smallest absolute Gasteiger partial charge is 0.226 e. The van der Waals surface area contributed by atoms with Crippen LogP contribution in [-0.4, -0.2) is 42.1 Å². The Labute approximate surface area is 229 Å². The number of hydrogen-bond donors (Lipinski definition) is 0. The van der Waals surface area contributed by atoms with Crippen molar-refractivity contribution >= 4 is 5.69 Å². The van der Waals surface area contributed by atoms with E-state index in [1.165, 1.54) is 0 Å². The van der Waals surface area contributed by atoms with Crippen molar-refractivity contribution < 1.29 is 18.9 Å². The number of pyridine rings is 2. The van der Waals surface area contributed by atoms with E-state index in [-0.39, 0.29) is 0 Å². The lowest BCUT2D eigenvalue weighted by molar-refractivity contribution is -0.169. The van der Waals surface area contributed by atoms with Crippen molar-refractivity contribution in [2.24, 2.45) is 0 Å².